The normalized spacial score (nSPS) is 11.9. The molecule has 32 heavy (non-hydrogen) atoms. The number of carbonyl (C=O) groups is 2. The number of nitrogens with zero attached hydrogens (tertiary/aromatic N) is 3. The molecule has 2 aromatic carbocycles. The smallest absolute Gasteiger partial charge is 0.251 e. The number of hydrogen-bond acceptors (Lipinski definition) is 5. The molecule has 2 N–H and O–H groups in total. The highest BCUT2D eigenvalue weighted by Gasteiger charge is 2.19. The van der Waals surface area contributed by atoms with E-state index in [1.54, 1.807) is 16.7 Å². The lowest BCUT2D eigenvalue weighted by atomic mass is 10.0. The first-order valence-electron chi connectivity index (χ1n) is 10.5. The third kappa shape index (κ3) is 5.76. The van der Waals surface area contributed by atoms with Crippen LogP contribution >= 0.6 is 11.8 Å². The van der Waals surface area contributed by atoms with Crippen LogP contribution in [0.4, 0.5) is 5.69 Å². The molecule has 0 saturated carbocycles. The molecule has 8 heteroatoms. The Hall–Kier alpha value is -3.13. The number of anilines is 1. The molecule has 168 valence electrons. The highest BCUT2D eigenvalue weighted by molar-refractivity contribution is 7.99. The van der Waals surface area contributed by atoms with Crippen molar-refractivity contribution in [3.05, 3.63) is 71.0 Å². The van der Waals surface area contributed by atoms with Crippen LogP contribution < -0.4 is 10.6 Å². The Kier molecular flexibility index (Phi) is 7.69. The highest BCUT2D eigenvalue weighted by atomic mass is 32.2. The van der Waals surface area contributed by atoms with Crippen LogP contribution in [0.15, 0.2) is 53.7 Å². The molecule has 0 saturated heterocycles. The summed E-state index contributed by atoms with van der Waals surface area (Å²) in [4.78, 5) is 25.0. The lowest BCUT2D eigenvalue weighted by Gasteiger charge is -2.14. The topological polar surface area (TPSA) is 88.9 Å². The highest BCUT2D eigenvalue weighted by Crippen LogP contribution is 2.25. The molecule has 1 atom stereocenters. The number of carbonyl (C=O) groups excluding carboxylic acids is 2. The van der Waals surface area contributed by atoms with E-state index >= 15 is 0 Å². The fraction of sp³-hybridized carbons (Fsp3) is 0.333. The minimum absolute atomic E-state index is 0.103. The second kappa shape index (κ2) is 10.5. The molecule has 0 aliphatic carbocycles. The van der Waals surface area contributed by atoms with Crippen molar-refractivity contribution in [2.24, 2.45) is 7.05 Å². The Morgan fingerprint density at radius 2 is 1.72 bits per heavy atom. The van der Waals surface area contributed by atoms with Gasteiger partial charge in [0.15, 0.2) is 11.0 Å². The van der Waals surface area contributed by atoms with Gasteiger partial charge in [-0.05, 0) is 43.5 Å². The van der Waals surface area contributed by atoms with Crippen LogP contribution in [-0.2, 0) is 11.8 Å². The fourth-order valence-corrected chi connectivity index (χ4v) is 4.03. The van der Waals surface area contributed by atoms with Crippen molar-refractivity contribution in [2.45, 2.75) is 44.8 Å². The van der Waals surface area contributed by atoms with E-state index in [4.69, 9.17) is 0 Å². The Balaban J connectivity index is 1.59. The molecule has 2 amide bonds. The van der Waals surface area contributed by atoms with E-state index in [0.717, 1.165) is 16.8 Å². The number of rotatable bonds is 8. The second-order valence-corrected chi connectivity index (χ2v) is 8.98. The summed E-state index contributed by atoms with van der Waals surface area (Å²) in [6.07, 6.45) is 0. The molecule has 3 rings (SSSR count). The van der Waals surface area contributed by atoms with E-state index < -0.39 is 0 Å². The number of aromatic nitrogens is 3. The monoisotopic (exact) mass is 451 g/mol. The van der Waals surface area contributed by atoms with Crippen molar-refractivity contribution >= 4 is 29.3 Å². The van der Waals surface area contributed by atoms with E-state index in [-0.39, 0.29) is 23.6 Å². The fourth-order valence-electron chi connectivity index (χ4n) is 3.31. The Morgan fingerprint density at radius 1 is 1.03 bits per heavy atom. The largest absolute Gasteiger partial charge is 0.342 e. The Labute approximate surface area is 193 Å². The van der Waals surface area contributed by atoms with Gasteiger partial charge in [-0.3, -0.25) is 9.59 Å². The minimum atomic E-state index is -0.331. The molecule has 3 aromatic rings. The van der Waals surface area contributed by atoms with Gasteiger partial charge in [0.1, 0.15) is 0 Å². The lowest BCUT2D eigenvalue weighted by molar-refractivity contribution is -0.113. The van der Waals surface area contributed by atoms with Crippen LogP contribution in [0.3, 0.4) is 0 Å². The number of thioether (sulfide) groups is 1. The maximum Gasteiger partial charge on any atom is 0.251 e. The Morgan fingerprint density at radius 3 is 2.41 bits per heavy atom. The average Bonchev–Trinajstić information content (AvgIpc) is 3.13. The molecule has 0 aliphatic rings. The quantitative estimate of drug-likeness (QED) is 0.493. The van der Waals surface area contributed by atoms with Crippen molar-refractivity contribution in [1.29, 1.82) is 0 Å². The van der Waals surface area contributed by atoms with Crippen molar-refractivity contribution in [3.8, 4) is 0 Å². The lowest BCUT2D eigenvalue weighted by Crippen LogP contribution is -2.28. The SMILES string of the molecule is Cc1ccc(C(=O)N[C@@H](C)c2nnc(SCC(=O)Nc3ccccc3C(C)C)n2C)cc1. The molecule has 1 heterocycles. The summed E-state index contributed by atoms with van der Waals surface area (Å²) in [5.41, 5.74) is 3.63. The number of benzene rings is 2. The predicted octanol–water partition coefficient (Wildman–Crippen LogP) is 4.47. The van der Waals surface area contributed by atoms with Crippen LogP contribution in [-0.4, -0.2) is 32.3 Å². The van der Waals surface area contributed by atoms with Gasteiger partial charge < -0.3 is 15.2 Å². The van der Waals surface area contributed by atoms with Crippen LogP contribution in [0.1, 0.15) is 60.0 Å². The summed E-state index contributed by atoms with van der Waals surface area (Å²) < 4.78 is 1.81. The minimum Gasteiger partial charge on any atom is -0.342 e. The van der Waals surface area contributed by atoms with Gasteiger partial charge >= 0.3 is 0 Å². The van der Waals surface area contributed by atoms with E-state index in [1.165, 1.54) is 11.8 Å². The molecule has 0 bridgehead atoms. The third-order valence-corrected chi connectivity index (χ3v) is 6.13. The van der Waals surface area contributed by atoms with Crippen LogP contribution in [0.2, 0.25) is 0 Å². The standard InChI is InChI=1S/C24H29N5O2S/c1-15(2)19-8-6-7-9-20(19)26-21(30)14-32-24-28-27-22(29(24)5)17(4)25-23(31)18-12-10-16(3)11-13-18/h6-13,15,17H,14H2,1-5H3,(H,25,31)(H,26,30)/t17-/m0/s1. The zero-order valence-corrected chi connectivity index (χ0v) is 19.9. The first-order valence-corrected chi connectivity index (χ1v) is 11.5. The first kappa shape index (κ1) is 23.5. The molecule has 0 unspecified atom stereocenters. The van der Waals surface area contributed by atoms with Crippen molar-refractivity contribution in [2.75, 3.05) is 11.1 Å². The number of hydrogen-bond donors (Lipinski definition) is 2. The van der Waals surface area contributed by atoms with E-state index in [2.05, 4.69) is 34.7 Å². The van der Waals surface area contributed by atoms with Gasteiger partial charge in [0.2, 0.25) is 5.91 Å². The van der Waals surface area contributed by atoms with Gasteiger partial charge in [-0.15, -0.1) is 10.2 Å². The molecule has 0 fully saturated rings. The summed E-state index contributed by atoms with van der Waals surface area (Å²) >= 11 is 1.31. The van der Waals surface area contributed by atoms with Gasteiger partial charge in [-0.25, -0.2) is 0 Å². The van der Waals surface area contributed by atoms with E-state index in [0.29, 0.717) is 22.5 Å². The molecule has 1 aromatic heterocycles. The van der Waals surface area contributed by atoms with Crippen molar-refractivity contribution in [1.82, 2.24) is 20.1 Å². The number of amides is 2. The summed E-state index contributed by atoms with van der Waals surface area (Å²) in [6.45, 7) is 8.03. The zero-order chi connectivity index (χ0) is 23.3. The molecular formula is C24H29N5O2S. The molecular weight excluding hydrogens is 422 g/mol. The summed E-state index contributed by atoms with van der Waals surface area (Å²) in [5, 5.41) is 15.0. The third-order valence-electron chi connectivity index (χ3n) is 5.11. The summed E-state index contributed by atoms with van der Waals surface area (Å²) in [6, 6.07) is 14.9. The summed E-state index contributed by atoms with van der Waals surface area (Å²) in [7, 11) is 1.83. The van der Waals surface area contributed by atoms with Crippen LogP contribution in [0.5, 0.6) is 0 Å². The number of para-hydroxylation sites is 1. The van der Waals surface area contributed by atoms with Gasteiger partial charge in [0.25, 0.3) is 5.91 Å². The second-order valence-electron chi connectivity index (χ2n) is 8.04. The van der Waals surface area contributed by atoms with Crippen molar-refractivity contribution < 1.29 is 9.59 Å². The van der Waals surface area contributed by atoms with E-state index in [1.807, 2.05) is 57.3 Å². The van der Waals surface area contributed by atoms with Crippen LogP contribution in [0, 0.1) is 6.92 Å². The Bertz CT molecular complexity index is 1090. The molecule has 0 radical (unpaired) electrons. The maximum atomic E-state index is 12.5. The maximum absolute atomic E-state index is 12.5. The van der Waals surface area contributed by atoms with Crippen LogP contribution in [0.25, 0.3) is 0 Å². The van der Waals surface area contributed by atoms with Gasteiger partial charge in [-0.1, -0.05) is 61.5 Å². The number of nitrogens with one attached hydrogen (secondary N) is 2. The summed E-state index contributed by atoms with van der Waals surface area (Å²) in [5.74, 6) is 0.879. The molecule has 7 nitrogen and oxygen atoms in total. The van der Waals surface area contributed by atoms with Gasteiger partial charge in [0.05, 0.1) is 11.8 Å². The van der Waals surface area contributed by atoms with Crippen molar-refractivity contribution in [3.63, 3.8) is 0 Å². The van der Waals surface area contributed by atoms with E-state index in [9.17, 15) is 9.59 Å². The average molecular weight is 452 g/mol. The predicted molar refractivity (Wildman–Crippen MR) is 128 cm³/mol. The number of aryl methyl sites for hydroxylation is 1. The van der Waals surface area contributed by atoms with Gasteiger partial charge in [-0.2, -0.15) is 0 Å². The van der Waals surface area contributed by atoms with Gasteiger partial charge in [0, 0.05) is 18.3 Å². The molecule has 0 aliphatic heterocycles. The zero-order valence-electron chi connectivity index (χ0n) is 19.0. The molecule has 0 spiro atoms. The first-order chi connectivity index (χ1) is 15.3.